The highest BCUT2D eigenvalue weighted by Gasteiger charge is 2.18. The molecule has 0 aliphatic carbocycles. The maximum absolute atomic E-state index is 13.0. The van der Waals surface area contributed by atoms with E-state index < -0.39 is 0 Å². The first-order chi connectivity index (χ1) is 14.6. The van der Waals surface area contributed by atoms with Gasteiger partial charge in [0.15, 0.2) is 0 Å². The summed E-state index contributed by atoms with van der Waals surface area (Å²) in [6.45, 7) is 6.87. The van der Waals surface area contributed by atoms with E-state index in [1.165, 1.54) is 0 Å². The number of pyridine rings is 1. The summed E-state index contributed by atoms with van der Waals surface area (Å²) in [7, 11) is 0. The molecule has 6 nitrogen and oxygen atoms in total. The van der Waals surface area contributed by atoms with Crippen molar-refractivity contribution in [2.75, 3.05) is 11.9 Å². The quantitative estimate of drug-likeness (QED) is 0.507. The van der Waals surface area contributed by atoms with Crippen LogP contribution in [0.1, 0.15) is 34.4 Å². The van der Waals surface area contributed by atoms with Crippen molar-refractivity contribution in [3.8, 4) is 5.88 Å². The first kappa shape index (κ1) is 19.6. The molecular weight excluding hydrogens is 376 g/mol. The van der Waals surface area contributed by atoms with Gasteiger partial charge < -0.3 is 10.1 Å². The number of rotatable bonds is 6. The second kappa shape index (κ2) is 8.37. The van der Waals surface area contributed by atoms with Gasteiger partial charge >= 0.3 is 0 Å². The van der Waals surface area contributed by atoms with Gasteiger partial charge in [0.1, 0.15) is 5.69 Å². The highest BCUT2D eigenvalue weighted by atomic mass is 16.5. The lowest BCUT2D eigenvalue weighted by Gasteiger charge is -2.10. The van der Waals surface area contributed by atoms with Gasteiger partial charge in [0.2, 0.25) is 5.88 Å². The largest absolute Gasteiger partial charge is 0.478 e. The number of benzene rings is 2. The summed E-state index contributed by atoms with van der Waals surface area (Å²) in [6, 6.07) is 19.7. The number of ether oxygens (including phenoxy) is 1. The minimum absolute atomic E-state index is 0.285. The molecule has 0 fully saturated rings. The number of hydrogen-bond donors (Lipinski definition) is 1. The summed E-state index contributed by atoms with van der Waals surface area (Å²) >= 11 is 0. The Morgan fingerprint density at radius 3 is 2.57 bits per heavy atom. The van der Waals surface area contributed by atoms with E-state index in [-0.39, 0.29) is 5.91 Å². The first-order valence-corrected chi connectivity index (χ1v) is 9.98. The van der Waals surface area contributed by atoms with E-state index in [9.17, 15) is 4.79 Å². The molecule has 6 heteroatoms. The zero-order chi connectivity index (χ0) is 21.1. The molecule has 30 heavy (non-hydrogen) atoms. The second-order valence-corrected chi connectivity index (χ2v) is 7.11. The smallest absolute Gasteiger partial charge is 0.274 e. The predicted molar refractivity (Wildman–Crippen MR) is 118 cm³/mol. The van der Waals surface area contributed by atoms with Crippen molar-refractivity contribution in [1.29, 1.82) is 0 Å². The molecule has 2 aromatic heterocycles. The van der Waals surface area contributed by atoms with Gasteiger partial charge in [0.25, 0.3) is 5.91 Å². The normalized spacial score (nSPS) is 10.9. The summed E-state index contributed by atoms with van der Waals surface area (Å²) in [4.78, 5) is 17.5. The predicted octanol–water partition coefficient (Wildman–Crippen LogP) is 4.75. The average Bonchev–Trinajstić information content (AvgIpc) is 3.02. The molecule has 0 atom stereocenters. The van der Waals surface area contributed by atoms with Gasteiger partial charge in [-0.15, -0.1) is 0 Å². The van der Waals surface area contributed by atoms with Gasteiger partial charge in [0.05, 0.1) is 30.2 Å². The Morgan fingerprint density at radius 2 is 1.80 bits per heavy atom. The van der Waals surface area contributed by atoms with E-state index in [2.05, 4.69) is 27.5 Å². The van der Waals surface area contributed by atoms with E-state index in [0.29, 0.717) is 30.4 Å². The van der Waals surface area contributed by atoms with Crippen LogP contribution in [0.3, 0.4) is 0 Å². The summed E-state index contributed by atoms with van der Waals surface area (Å²) in [5.74, 6) is 0.182. The Kier molecular flexibility index (Phi) is 5.48. The topological polar surface area (TPSA) is 69.0 Å². The number of carbonyl (C=O) groups is 1. The third kappa shape index (κ3) is 3.89. The van der Waals surface area contributed by atoms with Crippen LogP contribution < -0.4 is 10.1 Å². The molecule has 0 radical (unpaired) electrons. The first-order valence-electron chi connectivity index (χ1n) is 9.98. The number of aromatic nitrogens is 3. The van der Waals surface area contributed by atoms with Crippen molar-refractivity contribution in [2.45, 2.75) is 27.3 Å². The third-order valence-electron chi connectivity index (χ3n) is 5.01. The summed E-state index contributed by atoms with van der Waals surface area (Å²) in [5.41, 5.74) is 3.84. The maximum Gasteiger partial charge on any atom is 0.274 e. The lowest BCUT2D eigenvalue weighted by Crippen LogP contribution is -2.15. The molecule has 0 bridgehead atoms. The minimum Gasteiger partial charge on any atom is -0.478 e. The van der Waals surface area contributed by atoms with Crippen molar-refractivity contribution >= 4 is 22.4 Å². The van der Waals surface area contributed by atoms with Gasteiger partial charge in [-0.05, 0) is 43.9 Å². The molecule has 1 amide bonds. The molecule has 4 rings (SSSR count). The Morgan fingerprint density at radius 1 is 1.07 bits per heavy atom. The summed E-state index contributed by atoms with van der Waals surface area (Å²) in [5, 5.41) is 9.40. The van der Waals surface area contributed by atoms with Crippen molar-refractivity contribution in [3.63, 3.8) is 0 Å². The maximum atomic E-state index is 13.0. The monoisotopic (exact) mass is 400 g/mol. The van der Waals surface area contributed by atoms with Gasteiger partial charge in [-0.3, -0.25) is 9.48 Å². The molecule has 0 aliphatic rings. The molecule has 4 aromatic rings. The molecule has 152 valence electrons. The van der Waals surface area contributed by atoms with Crippen molar-refractivity contribution in [1.82, 2.24) is 14.8 Å². The van der Waals surface area contributed by atoms with Crippen LogP contribution in [0.5, 0.6) is 5.88 Å². The SMILES string of the molecule is CCOc1nc(C(=O)Nc2c(C)nn(Cc3ccccc3)c2C)cc2ccccc12. The number of hydrogen-bond acceptors (Lipinski definition) is 4. The standard InChI is InChI=1S/C24H24N4O2/c1-4-30-24-20-13-9-8-12-19(20)14-21(25-24)23(29)26-22-16(2)27-28(17(22)3)15-18-10-6-5-7-11-18/h5-14H,4,15H2,1-3H3,(H,26,29). The second-order valence-electron chi connectivity index (χ2n) is 7.11. The van der Waals surface area contributed by atoms with Crippen LogP contribution in [0.25, 0.3) is 10.8 Å². The fourth-order valence-corrected chi connectivity index (χ4v) is 3.50. The third-order valence-corrected chi connectivity index (χ3v) is 5.01. The Labute approximate surface area is 175 Å². The van der Waals surface area contributed by atoms with E-state index in [1.807, 2.05) is 67.9 Å². The number of fused-ring (bicyclic) bond motifs is 1. The van der Waals surface area contributed by atoms with Crippen LogP contribution in [-0.2, 0) is 6.54 Å². The van der Waals surface area contributed by atoms with Crippen LogP contribution in [0, 0.1) is 13.8 Å². The van der Waals surface area contributed by atoms with Crippen molar-refractivity contribution < 1.29 is 9.53 Å². The highest BCUT2D eigenvalue weighted by Crippen LogP contribution is 2.26. The Bertz CT molecular complexity index is 1200. The minimum atomic E-state index is -0.285. The number of carbonyl (C=O) groups excluding carboxylic acids is 1. The lowest BCUT2D eigenvalue weighted by molar-refractivity contribution is 0.102. The number of nitrogens with one attached hydrogen (secondary N) is 1. The molecule has 0 saturated carbocycles. The van der Waals surface area contributed by atoms with E-state index in [4.69, 9.17) is 4.74 Å². The number of anilines is 1. The van der Waals surface area contributed by atoms with E-state index >= 15 is 0 Å². The number of aryl methyl sites for hydroxylation is 1. The van der Waals surface area contributed by atoms with Gasteiger partial charge in [-0.25, -0.2) is 4.98 Å². The van der Waals surface area contributed by atoms with Crippen LogP contribution in [0.4, 0.5) is 5.69 Å². The number of amides is 1. The zero-order valence-corrected chi connectivity index (χ0v) is 17.3. The fourth-order valence-electron chi connectivity index (χ4n) is 3.50. The Hall–Kier alpha value is -3.67. The highest BCUT2D eigenvalue weighted by molar-refractivity contribution is 6.06. The average molecular weight is 400 g/mol. The van der Waals surface area contributed by atoms with Gasteiger partial charge in [-0.2, -0.15) is 5.10 Å². The molecule has 2 heterocycles. The molecule has 0 spiro atoms. The Balaban J connectivity index is 1.63. The van der Waals surface area contributed by atoms with Crippen LogP contribution in [0.2, 0.25) is 0 Å². The van der Waals surface area contributed by atoms with E-state index in [0.717, 1.165) is 27.7 Å². The van der Waals surface area contributed by atoms with Crippen LogP contribution in [0.15, 0.2) is 60.7 Å². The van der Waals surface area contributed by atoms with Crippen molar-refractivity contribution in [3.05, 3.63) is 83.3 Å². The number of nitrogens with zero attached hydrogens (tertiary/aromatic N) is 3. The van der Waals surface area contributed by atoms with E-state index in [1.54, 1.807) is 6.07 Å². The van der Waals surface area contributed by atoms with Crippen LogP contribution in [-0.4, -0.2) is 27.3 Å². The van der Waals surface area contributed by atoms with Gasteiger partial charge in [-0.1, -0.05) is 48.5 Å². The van der Waals surface area contributed by atoms with Gasteiger partial charge in [0, 0.05) is 5.39 Å². The molecule has 0 unspecified atom stereocenters. The molecule has 2 aromatic carbocycles. The fraction of sp³-hybridized carbons (Fsp3) is 0.208. The summed E-state index contributed by atoms with van der Waals surface area (Å²) in [6.07, 6.45) is 0. The zero-order valence-electron chi connectivity index (χ0n) is 17.3. The molecule has 0 saturated heterocycles. The van der Waals surface area contributed by atoms with Crippen LogP contribution >= 0.6 is 0 Å². The van der Waals surface area contributed by atoms with Crippen molar-refractivity contribution in [2.24, 2.45) is 0 Å². The summed E-state index contributed by atoms with van der Waals surface area (Å²) < 4.78 is 7.57. The lowest BCUT2D eigenvalue weighted by atomic mass is 10.1. The molecular formula is C24H24N4O2. The molecule has 0 aliphatic heterocycles. The molecule has 1 N–H and O–H groups in total.